The van der Waals surface area contributed by atoms with Crippen LogP contribution >= 0.6 is 11.6 Å². The number of hydrogen-bond donors (Lipinski definition) is 0. The average Bonchev–Trinajstić information content (AvgIpc) is 3.30. The minimum Gasteiger partial charge on any atom is -0.326 e. The molecule has 21 heavy (non-hydrogen) atoms. The van der Waals surface area contributed by atoms with E-state index < -0.39 is 0 Å². The van der Waals surface area contributed by atoms with Crippen LogP contribution in [0.1, 0.15) is 42.6 Å². The first-order valence-electron chi connectivity index (χ1n) is 7.49. The molecule has 0 saturated heterocycles. The third-order valence-corrected chi connectivity index (χ3v) is 4.37. The lowest BCUT2D eigenvalue weighted by molar-refractivity contribution is 0.882. The zero-order chi connectivity index (χ0) is 15.0. The van der Waals surface area contributed by atoms with Crippen molar-refractivity contribution in [2.75, 3.05) is 11.4 Å². The number of rotatable bonds is 4. The molecule has 3 nitrogen and oxygen atoms in total. The molecule has 4 heteroatoms. The summed E-state index contributed by atoms with van der Waals surface area (Å²) in [5.74, 6) is 2.33. The summed E-state index contributed by atoms with van der Waals surface area (Å²) in [5.41, 5.74) is 3.37. The van der Waals surface area contributed by atoms with Crippen molar-refractivity contribution in [3.63, 3.8) is 0 Å². The average molecular weight is 302 g/mol. The Balaban J connectivity index is 2.10. The Kier molecular flexibility index (Phi) is 3.85. The maximum Gasteiger partial charge on any atom is 0.141 e. The molecule has 3 rings (SSSR count). The SMILES string of the molecule is CCN(c1ccccc1C)c1nc(C2CC2)nc(Cl)c1C. The van der Waals surface area contributed by atoms with E-state index in [2.05, 4.69) is 48.0 Å². The largest absolute Gasteiger partial charge is 0.326 e. The fourth-order valence-electron chi connectivity index (χ4n) is 2.58. The van der Waals surface area contributed by atoms with Crippen LogP contribution in [0.15, 0.2) is 24.3 Å². The van der Waals surface area contributed by atoms with E-state index in [4.69, 9.17) is 16.6 Å². The van der Waals surface area contributed by atoms with Crippen molar-refractivity contribution in [1.29, 1.82) is 0 Å². The van der Waals surface area contributed by atoms with E-state index in [9.17, 15) is 0 Å². The van der Waals surface area contributed by atoms with Gasteiger partial charge in [-0.1, -0.05) is 29.8 Å². The minimum absolute atomic E-state index is 0.498. The van der Waals surface area contributed by atoms with E-state index >= 15 is 0 Å². The lowest BCUT2D eigenvalue weighted by Gasteiger charge is -2.26. The summed E-state index contributed by atoms with van der Waals surface area (Å²) >= 11 is 6.34. The van der Waals surface area contributed by atoms with Crippen LogP contribution in [0.3, 0.4) is 0 Å². The predicted octanol–water partition coefficient (Wildman–Crippen LogP) is 4.78. The van der Waals surface area contributed by atoms with E-state index in [0.29, 0.717) is 11.1 Å². The van der Waals surface area contributed by atoms with E-state index in [1.165, 1.54) is 24.1 Å². The van der Waals surface area contributed by atoms with Gasteiger partial charge in [-0.05, 0) is 45.2 Å². The number of anilines is 2. The highest BCUT2D eigenvalue weighted by atomic mass is 35.5. The predicted molar refractivity (Wildman–Crippen MR) is 87.6 cm³/mol. The van der Waals surface area contributed by atoms with Gasteiger partial charge in [-0.3, -0.25) is 0 Å². The van der Waals surface area contributed by atoms with Gasteiger partial charge < -0.3 is 4.90 Å². The standard InChI is InChI=1S/C17H20ClN3/c1-4-21(14-8-6-5-7-11(14)2)17-12(3)15(18)19-16(20-17)13-9-10-13/h5-8,13H,4,9-10H2,1-3H3. The molecule has 1 aliphatic carbocycles. The molecule has 0 amide bonds. The van der Waals surface area contributed by atoms with Crippen molar-refractivity contribution in [2.24, 2.45) is 0 Å². The fraction of sp³-hybridized carbons (Fsp3) is 0.412. The van der Waals surface area contributed by atoms with Crippen LogP contribution in [-0.2, 0) is 0 Å². The monoisotopic (exact) mass is 301 g/mol. The van der Waals surface area contributed by atoms with Crippen molar-refractivity contribution in [3.8, 4) is 0 Å². The normalized spacial score (nSPS) is 14.3. The van der Waals surface area contributed by atoms with Gasteiger partial charge in [0.15, 0.2) is 0 Å². The molecule has 110 valence electrons. The molecule has 0 spiro atoms. The number of para-hydroxylation sites is 1. The maximum atomic E-state index is 6.34. The van der Waals surface area contributed by atoms with Gasteiger partial charge in [0, 0.05) is 23.7 Å². The summed E-state index contributed by atoms with van der Waals surface area (Å²) in [5, 5.41) is 0.578. The molecule has 1 aromatic carbocycles. The molecule has 0 bridgehead atoms. The molecule has 1 fully saturated rings. The molecular formula is C17H20ClN3. The lowest BCUT2D eigenvalue weighted by atomic mass is 10.1. The number of nitrogens with zero attached hydrogens (tertiary/aromatic N) is 3. The third kappa shape index (κ3) is 2.75. The summed E-state index contributed by atoms with van der Waals surface area (Å²) in [7, 11) is 0. The second-order valence-electron chi connectivity index (χ2n) is 5.63. The quantitative estimate of drug-likeness (QED) is 0.761. The molecule has 1 aromatic heterocycles. The minimum atomic E-state index is 0.498. The van der Waals surface area contributed by atoms with Gasteiger partial charge in [0.25, 0.3) is 0 Å². The topological polar surface area (TPSA) is 29.0 Å². The first-order chi connectivity index (χ1) is 10.1. The fourth-order valence-corrected chi connectivity index (χ4v) is 2.75. The Labute approximate surface area is 131 Å². The van der Waals surface area contributed by atoms with E-state index in [1.54, 1.807) is 0 Å². The summed E-state index contributed by atoms with van der Waals surface area (Å²) in [6.07, 6.45) is 2.35. The van der Waals surface area contributed by atoms with Crippen molar-refractivity contribution in [1.82, 2.24) is 9.97 Å². The van der Waals surface area contributed by atoms with Crippen LogP contribution in [0.2, 0.25) is 5.15 Å². The molecule has 0 unspecified atom stereocenters. The first-order valence-corrected chi connectivity index (χ1v) is 7.86. The zero-order valence-electron chi connectivity index (χ0n) is 12.7. The van der Waals surface area contributed by atoms with Crippen LogP contribution in [0.4, 0.5) is 11.5 Å². The van der Waals surface area contributed by atoms with Gasteiger partial charge in [-0.15, -0.1) is 0 Å². The Bertz CT molecular complexity index is 665. The molecular weight excluding hydrogens is 282 g/mol. The summed E-state index contributed by atoms with van der Waals surface area (Å²) < 4.78 is 0. The van der Waals surface area contributed by atoms with Crippen molar-refractivity contribution >= 4 is 23.1 Å². The van der Waals surface area contributed by atoms with Gasteiger partial charge >= 0.3 is 0 Å². The van der Waals surface area contributed by atoms with Gasteiger partial charge in [0.2, 0.25) is 0 Å². The number of hydrogen-bond acceptors (Lipinski definition) is 3. The van der Waals surface area contributed by atoms with Gasteiger partial charge in [0.1, 0.15) is 16.8 Å². The second-order valence-corrected chi connectivity index (χ2v) is 5.98. The molecule has 0 N–H and O–H groups in total. The van der Waals surface area contributed by atoms with Crippen LogP contribution in [0.25, 0.3) is 0 Å². The summed E-state index contributed by atoms with van der Waals surface area (Å²) in [6, 6.07) is 8.37. The molecule has 2 aromatic rings. The van der Waals surface area contributed by atoms with Gasteiger partial charge in [0.05, 0.1) is 0 Å². The number of aryl methyl sites for hydroxylation is 1. The Morgan fingerprint density at radius 2 is 1.90 bits per heavy atom. The number of halogens is 1. The molecule has 1 saturated carbocycles. The van der Waals surface area contributed by atoms with Crippen LogP contribution in [0, 0.1) is 13.8 Å². The third-order valence-electron chi connectivity index (χ3n) is 4.00. The highest BCUT2D eigenvalue weighted by Crippen LogP contribution is 2.40. The summed E-state index contributed by atoms with van der Waals surface area (Å²) in [4.78, 5) is 11.5. The number of aromatic nitrogens is 2. The van der Waals surface area contributed by atoms with Crippen LogP contribution in [-0.4, -0.2) is 16.5 Å². The molecule has 0 aliphatic heterocycles. The molecule has 1 aliphatic rings. The number of benzene rings is 1. The second kappa shape index (κ2) is 5.64. The lowest BCUT2D eigenvalue weighted by Crippen LogP contribution is -2.20. The first kappa shape index (κ1) is 14.3. The highest BCUT2D eigenvalue weighted by molar-refractivity contribution is 6.30. The Morgan fingerprint density at radius 3 is 2.52 bits per heavy atom. The maximum absolute atomic E-state index is 6.34. The van der Waals surface area contributed by atoms with E-state index in [1.807, 2.05) is 6.92 Å². The Morgan fingerprint density at radius 1 is 1.19 bits per heavy atom. The highest BCUT2D eigenvalue weighted by Gasteiger charge is 2.29. The van der Waals surface area contributed by atoms with E-state index in [-0.39, 0.29) is 0 Å². The Hall–Kier alpha value is -1.61. The smallest absolute Gasteiger partial charge is 0.141 e. The van der Waals surface area contributed by atoms with Crippen molar-refractivity contribution in [3.05, 3.63) is 46.4 Å². The molecule has 0 radical (unpaired) electrons. The van der Waals surface area contributed by atoms with Gasteiger partial charge in [-0.2, -0.15) is 0 Å². The van der Waals surface area contributed by atoms with Crippen molar-refractivity contribution < 1.29 is 0 Å². The summed E-state index contributed by atoms with van der Waals surface area (Å²) in [6.45, 7) is 7.11. The van der Waals surface area contributed by atoms with E-state index in [0.717, 1.165) is 23.8 Å². The molecule has 0 atom stereocenters. The zero-order valence-corrected chi connectivity index (χ0v) is 13.5. The van der Waals surface area contributed by atoms with Crippen molar-refractivity contribution in [2.45, 2.75) is 39.5 Å². The van der Waals surface area contributed by atoms with Crippen LogP contribution < -0.4 is 4.90 Å². The van der Waals surface area contributed by atoms with Gasteiger partial charge in [-0.25, -0.2) is 9.97 Å². The molecule has 1 heterocycles. The van der Waals surface area contributed by atoms with Crippen LogP contribution in [0.5, 0.6) is 0 Å².